The number of nitrogens with one attached hydrogen (secondary N) is 1. The lowest BCUT2D eigenvalue weighted by molar-refractivity contribution is -0.0502. The molecule has 3 fully saturated rings. The van der Waals surface area contributed by atoms with Gasteiger partial charge in [0.2, 0.25) is 5.76 Å². The second-order valence-corrected chi connectivity index (χ2v) is 7.90. The molecule has 1 aromatic heterocycles. The van der Waals surface area contributed by atoms with Crippen molar-refractivity contribution < 1.29 is 18.8 Å². The molecule has 1 N–H and O–H groups in total. The van der Waals surface area contributed by atoms with Crippen LogP contribution in [0.15, 0.2) is 40.9 Å². The lowest BCUT2D eigenvalue weighted by Gasteiger charge is -2.35. The average Bonchev–Trinajstić information content (AvgIpc) is 3.41. The predicted octanol–water partition coefficient (Wildman–Crippen LogP) is 1.46. The molecule has 4 heterocycles. The van der Waals surface area contributed by atoms with Crippen LogP contribution in [-0.2, 0) is 9.47 Å². The van der Waals surface area contributed by atoms with Gasteiger partial charge in [0.05, 0.1) is 25.9 Å². The van der Waals surface area contributed by atoms with Gasteiger partial charge in [0.15, 0.2) is 5.82 Å². The van der Waals surface area contributed by atoms with Gasteiger partial charge in [-0.05, 0) is 12.0 Å². The first-order valence-electron chi connectivity index (χ1n) is 10.3. The van der Waals surface area contributed by atoms with Crippen LogP contribution in [0.25, 0.3) is 0 Å². The number of carbonyl (C=O) groups excluding carboxylic acids is 1. The molecule has 0 saturated carbocycles. The molecule has 1 amide bonds. The van der Waals surface area contributed by atoms with Crippen LogP contribution in [0.3, 0.4) is 0 Å². The molecule has 8 nitrogen and oxygen atoms in total. The highest BCUT2D eigenvalue weighted by Crippen LogP contribution is 2.30. The van der Waals surface area contributed by atoms with Crippen molar-refractivity contribution in [1.29, 1.82) is 0 Å². The third kappa shape index (κ3) is 4.01. The molecular formula is C21H26N4O4. The zero-order chi connectivity index (χ0) is 19.6. The maximum absolute atomic E-state index is 12.7. The highest BCUT2D eigenvalue weighted by atomic mass is 16.5. The van der Waals surface area contributed by atoms with Crippen LogP contribution >= 0.6 is 0 Å². The largest absolute Gasteiger partial charge is 0.378 e. The second-order valence-electron chi connectivity index (χ2n) is 7.90. The van der Waals surface area contributed by atoms with E-state index in [1.54, 1.807) is 6.07 Å². The molecule has 0 unspecified atom stereocenters. The first kappa shape index (κ1) is 18.6. The van der Waals surface area contributed by atoms with Gasteiger partial charge in [0.25, 0.3) is 5.91 Å². The molecule has 29 heavy (non-hydrogen) atoms. The fraction of sp³-hybridized carbons (Fsp3) is 0.524. The maximum atomic E-state index is 12.7. The van der Waals surface area contributed by atoms with Gasteiger partial charge in [-0.3, -0.25) is 9.69 Å². The third-order valence-corrected chi connectivity index (χ3v) is 5.98. The van der Waals surface area contributed by atoms with Crippen LogP contribution in [0.5, 0.6) is 0 Å². The topological polar surface area (TPSA) is 80.1 Å². The molecule has 3 aliphatic rings. The predicted molar refractivity (Wildman–Crippen MR) is 106 cm³/mol. The number of aromatic nitrogens is 1. The van der Waals surface area contributed by atoms with Crippen molar-refractivity contribution in [2.75, 3.05) is 50.9 Å². The number of hydrogen-bond donors (Lipinski definition) is 1. The van der Waals surface area contributed by atoms with E-state index in [9.17, 15) is 4.79 Å². The van der Waals surface area contributed by atoms with Crippen LogP contribution in [0.2, 0.25) is 0 Å². The van der Waals surface area contributed by atoms with E-state index in [-0.39, 0.29) is 23.8 Å². The van der Waals surface area contributed by atoms with Crippen LogP contribution in [0.1, 0.15) is 28.6 Å². The number of fused-ring (bicyclic) bond motifs is 1. The van der Waals surface area contributed by atoms with Crippen molar-refractivity contribution in [3.8, 4) is 0 Å². The van der Waals surface area contributed by atoms with E-state index in [0.717, 1.165) is 32.6 Å². The Balaban J connectivity index is 1.17. The number of nitrogens with zero attached hydrogens (tertiary/aromatic N) is 3. The number of ether oxygens (including phenoxy) is 2. The van der Waals surface area contributed by atoms with Crippen molar-refractivity contribution in [2.24, 2.45) is 0 Å². The monoisotopic (exact) mass is 398 g/mol. The summed E-state index contributed by atoms with van der Waals surface area (Å²) in [5.74, 6) is 0.749. The SMILES string of the molecule is O=C(N[C@H]1C[C@H]2CO[C@@H](c3ccccc3)CN2C1)c1cc(N2CCOCC2)no1. The standard InChI is InChI=1S/C21H26N4O4/c26-21(18-11-20(23-29-18)24-6-8-27-9-7-24)22-16-10-17-14-28-19(13-25(17)12-16)15-4-2-1-3-5-15/h1-5,11,16-17,19H,6-10,12-14H2,(H,22,26)/t16-,17-,19+/m0/s1. The Morgan fingerprint density at radius 2 is 1.97 bits per heavy atom. The smallest absolute Gasteiger partial charge is 0.290 e. The van der Waals surface area contributed by atoms with Gasteiger partial charge in [-0.25, -0.2) is 0 Å². The van der Waals surface area contributed by atoms with E-state index in [1.807, 2.05) is 18.2 Å². The minimum Gasteiger partial charge on any atom is -0.378 e. The quantitative estimate of drug-likeness (QED) is 0.835. The summed E-state index contributed by atoms with van der Waals surface area (Å²) < 4.78 is 16.7. The highest BCUT2D eigenvalue weighted by Gasteiger charge is 2.38. The van der Waals surface area contributed by atoms with Crippen molar-refractivity contribution in [3.63, 3.8) is 0 Å². The summed E-state index contributed by atoms with van der Waals surface area (Å²) >= 11 is 0. The van der Waals surface area contributed by atoms with Crippen LogP contribution in [0.4, 0.5) is 5.82 Å². The van der Waals surface area contributed by atoms with Crippen LogP contribution in [-0.4, -0.2) is 74.0 Å². The molecule has 2 aromatic rings. The number of anilines is 1. The van der Waals surface area contributed by atoms with Gasteiger partial charge >= 0.3 is 0 Å². The number of benzene rings is 1. The molecule has 3 saturated heterocycles. The first-order valence-corrected chi connectivity index (χ1v) is 10.3. The zero-order valence-electron chi connectivity index (χ0n) is 16.3. The van der Waals surface area contributed by atoms with Crippen molar-refractivity contribution in [3.05, 3.63) is 47.7 Å². The molecule has 0 spiro atoms. The van der Waals surface area contributed by atoms with Crippen LogP contribution in [0, 0.1) is 0 Å². The summed E-state index contributed by atoms with van der Waals surface area (Å²) in [5.41, 5.74) is 1.20. The van der Waals surface area contributed by atoms with Crippen molar-refractivity contribution in [1.82, 2.24) is 15.4 Å². The van der Waals surface area contributed by atoms with Gasteiger partial charge in [-0.15, -0.1) is 0 Å². The Morgan fingerprint density at radius 3 is 2.79 bits per heavy atom. The summed E-state index contributed by atoms with van der Waals surface area (Å²) in [7, 11) is 0. The molecule has 3 aliphatic heterocycles. The van der Waals surface area contributed by atoms with Gasteiger partial charge in [0, 0.05) is 44.3 Å². The number of hydrogen-bond acceptors (Lipinski definition) is 7. The molecule has 1 aromatic carbocycles. The van der Waals surface area contributed by atoms with Gasteiger partial charge in [0.1, 0.15) is 0 Å². The molecular weight excluding hydrogens is 372 g/mol. The lowest BCUT2D eigenvalue weighted by Crippen LogP contribution is -2.43. The average molecular weight is 398 g/mol. The maximum Gasteiger partial charge on any atom is 0.290 e. The molecule has 154 valence electrons. The Bertz CT molecular complexity index is 836. The number of rotatable bonds is 4. The molecule has 0 bridgehead atoms. The summed E-state index contributed by atoms with van der Waals surface area (Å²) in [6.07, 6.45) is 0.977. The minimum atomic E-state index is -0.206. The van der Waals surface area contributed by atoms with Gasteiger partial charge in [-0.1, -0.05) is 35.5 Å². The summed E-state index contributed by atoms with van der Waals surface area (Å²) in [6.45, 7) is 5.22. The fourth-order valence-corrected chi connectivity index (χ4v) is 4.42. The highest BCUT2D eigenvalue weighted by molar-refractivity contribution is 5.92. The zero-order valence-corrected chi connectivity index (χ0v) is 16.3. The Hall–Kier alpha value is -2.42. The van der Waals surface area contributed by atoms with Crippen molar-refractivity contribution >= 4 is 11.7 Å². The van der Waals surface area contributed by atoms with Gasteiger partial charge in [-0.2, -0.15) is 0 Å². The first-order chi connectivity index (χ1) is 14.3. The third-order valence-electron chi connectivity index (χ3n) is 5.98. The van der Waals surface area contributed by atoms with E-state index in [0.29, 0.717) is 31.7 Å². The Labute approximate surface area is 169 Å². The Morgan fingerprint density at radius 1 is 1.14 bits per heavy atom. The number of amides is 1. The van der Waals surface area contributed by atoms with E-state index >= 15 is 0 Å². The minimum absolute atomic E-state index is 0.0857. The second kappa shape index (κ2) is 8.14. The molecule has 0 aliphatic carbocycles. The van der Waals surface area contributed by atoms with Gasteiger partial charge < -0.3 is 24.2 Å². The summed E-state index contributed by atoms with van der Waals surface area (Å²) in [5, 5.41) is 7.16. The van der Waals surface area contributed by atoms with E-state index in [2.05, 4.69) is 32.4 Å². The Kier molecular flexibility index (Phi) is 5.22. The van der Waals surface area contributed by atoms with Crippen LogP contribution < -0.4 is 10.2 Å². The fourth-order valence-electron chi connectivity index (χ4n) is 4.42. The number of morpholine rings is 2. The molecule has 3 atom stereocenters. The summed E-state index contributed by atoms with van der Waals surface area (Å²) in [4.78, 5) is 17.1. The summed E-state index contributed by atoms with van der Waals surface area (Å²) in [6, 6.07) is 12.5. The van der Waals surface area contributed by atoms with Crippen molar-refractivity contribution in [2.45, 2.75) is 24.6 Å². The van der Waals surface area contributed by atoms with E-state index in [4.69, 9.17) is 14.0 Å². The molecule has 8 heteroatoms. The molecule has 5 rings (SSSR count). The van der Waals surface area contributed by atoms with E-state index < -0.39 is 0 Å². The lowest BCUT2D eigenvalue weighted by atomic mass is 10.1. The molecule has 0 radical (unpaired) electrons. The number of carbonyl (C=O) groups is 1. The normalized spacial score (nSPS) is 27.6. The van der Waals surface area contributed by atoms with E-state index in [1.165, 1.54) is 5.56 Å².